The lowest BCUT2D eigenvalue weighted by Gasteiger charge is -2.27. The lowest BCUT2D eigenvalue weighted by molar-refractivity contribution is -0.120. The number of nitrogens with one attached hydrogen (secondary N) is 1. The van der Waals surface area contributed by atoms with Crippen molar-refractivity contribution in [2.75, 3.05) is 16.9 Å². The average Bonchev–Trinajstić information content (AvgIpc) is 3.04. The fourth-order valence-corrected chi connectivity index (χ4v) is 3.76. The zero-order chi connectivity index (χ0) is 17.2. The van der Waals surface area contributed by atoms with Crippen molar-refractivity contribution in [1.29, 1.82) is 0 Å². The molecule has 1 aromatic heterocycles. The molecule has 9 heteroatoms. The first kappa shape index (κ1) is 18.0. The third-order valence-electron chi connectivity index (χ3n) is 2.98. The van der Waals surface area contributed by atoms with Crippen molar-refractivity contribution in [2.24, 2.45) is 0 Å². The Morgan fingerprint density at radius 3 is 2.61 bits per heavy atom. The van der Waals surface area contributed by atoms with E-state index in [2.05, 4.69) is 15.5 Å². The number of amides is 2. The van der Waals surface area contributed by atoms with Gasteiger partial charge in [-0.2, -0.15) is 0 Å². The average molecular weight is 358 g/mol. The van der Waals surface area contributed by atoms with Crippen molar-refractivity contribution < 1.29 is 14.3 Å². The number of hydrogen-bond donors (Lipinski definition) is 1. The van der Waals surface area contributed by atoms with Gasteiger partial charge >= 0.3 is 6.09 Å². The molecule has 1 N–H and O–H groups in total. The van der Waals surface area contributed by atoms with Crippen molar-refractivity contribution in [1.82, 2.24) is 15.1 Å². The van der Waals surface area contributed by atoms with E-state index in [-0.39, 0.29) is 11.8 Å². The minimum Gasteiger partial charge on any atom is -0.444 e. The molecule has 23 heavy (non-hydrogen) atoms. The highest BCUT2D eigenvalue weighted by Gasteiger charge is 2.37. The minimum absolute atomic E-state index is 0.257. The number of aromatic nitrogens is 2. The zero-order valence-corrected chi connectivity index (χ0v) is 15.6. The van der Waals surface area contributed by atoms with E-state index >= 15 is 0 Å². The topological polar surface area (TPSA) is 84.4 Å². The van der Waals surface area contributed by atoms with Crippen LogP contribution in [0.1, 0.15) is 45.5 Å². The molecule has 0 aromatic carbocycles. The summed E-state index contributed by atoms with van der Waals surface area (Å²) in [6.45, 7) is 9.45. The van der Waals surface area contributed by atoms with Crippen molar-refractivity contribution in [3.8, 4) is 0 Å². The second kappa shape index (κ2) is 7.04. The lowest BCUT2D eigenvalue weighted by Crippen LogP contribution is -2.46. The molecule has 1 aliphatic heterocycles. The highest BCUT2D eigenvalue weighted by atomic mass is 32.2. The van der Waals surface area contributed by atoms with Crippen LogP contribution in [0.25, 0.3) is 0 Å². The van der Waals surface area contributed by atoms with Gasteiger partial charge in [0.2, 0.25) is 11.0 Å². The summed E-state index contributed by atoms with van der Waals surface area (Å²) >= 11 is 2.88. The molecule has 0 saturated carbocycles. The molecule has 1 aromatic rings. The number of carbonyl (C=O) groups excluding carboxylic acids is 2. The van der Waals surface area contributed by atoms with Gasteiger partial charge in [0, 0.05) is 11.7 Å². The molecule has 1 saturated heterocycles. The molecule has 0 spiro atoms. The Labute approximate surface area is 144 Å². The first-order chi connectivity index (χ1) is 10.7. The highest BCUT2D eigenvalue weighted by molar-refractivity contribution is 7.99. The predicted molar refractivity (Wildman–Crippen MR) is 91.8 cm³/mol. The maximum absolute atomic E-state index is 12.4. The standard InChI is InChI=1S/C14H22N4O3S2/c1-8(2)11-16-17-12(23-11)15-10(19)9-6-22-7-18(9)13(20)21-14(3,4)5/h8-9H,6-7H2,1-5H3,(H,15,17,19). The van der Waals surface area contributed by atoms with E-state index in [0.717, 1.165) is 5.01 Å². The number of hydrogen-bond acceptors (Lipinski definition) is 7. The van der Waals surface area contributed by atoms with E-state index in [1.165, 1.54) is 28.0 Å². The van der Waals surface area contributed by atoms with Gasteiger partial charge in [0.1, 0.15) is 16.7 Å². The molecule has 7 nitrogen and oxygen atoms in total. The van der Waals surface area contributed by atoms with Crippen LogP contribution in [0.3, 0.4) is 0 Å². The van der Waals surface area contributed by atoms with Gasteiger partial charge in [0.05, 0.1) is 5.88 Å². The van der Waals surface area contributed by atoms with Crippen LogP contribution in [0.5, 0.6) is 0 Å². The van der Waals surface area contributed by atoms with Gasteiger partial charge in [-0.15, -0.1) is 22.0 Å². The monoisotopic (exact) mass is 358 g/mol. The fraction of sp³-hybridized carbons (Fsp3) is 0.714. The van der Waals surface area contributed by atoms with E-state index < -0.39 is 17.7 Å². The van der Waals surface area contributed by atoms with E-state index in [9.17, 15) is 9.59 Å². The van der Waals surface area contributed by atoms with Crippen molar-refractivity contribution in [3.05, 3.63) is 5.01 Å². The molecule has 2 heterocycles. The van der Waals surface area contributed by atoms with Crippen molar-refractivity contribution in [3.63, 3.8) is 0 Å². The maximum Gasteiger partial charge on any atom is 0.411 e. The maximum atomic E-state index is 12.4. The van der Waals surface area contributed by atoms with Crippen LogP contribution < -0.4 is 5.32 Å². The third kappa shape index (κ3) is 4.81. The summed E-state index contributed by atoms with van der Waals surface area (Å²) in [5, 5.41) is 12.1. The van der Waals surface area contributed by atoms with E-state index in [1.807, 2.05) is 13.8 Å². The SMILES string of the molecule is CC(C)c1nnc(NC(=O)C2CSCN2C(=O)OC(C)(C)C)s1. The summed E-state index contributed by atoms with van der Waals surface area (Å²) < 4.78 is 5.36. The minimum atomic E-state index is -0.587. The van der Waals surface area contributed by atoms with Gasteiger partial charge < -0.3 is 4.74 Å². The number of ether oxygens (including phenoxy) is 1. The number of nitrogens with zero attached hydrogens (tertiary/aromatic N) is 3. The molecule has 1 unspecified atom stereocenters. The van der Waals surface area contributed by atoms with Crippen LogP contribution >= 0.6 is 23.1 Å². The Balaban J connectivity index is 2.01. The van der Waals surface area contributed by atoms with Gasteiger partial charge in [-0.3, -0.25) is 15.0 Å². The molecular weight excluding hydrogens is 336 g/mol. The number of carbonyl (C=O) groups is 2. The van der Waals surface area contributed by atoms with Gasteiger partial charge in [-0.1, -0.05) is 25.2 Å². The molecule has 2 rings (SSSR count). The van der Waals surface area contributed by atoms with Gasteiger partial charge in [0.15, 0.2) is 0 Å². The molecular formula is C14H22N4O3S2. The summed E-state index contributed by atoms with van der Waals surface area (Å²) in [4.78, 5) is 26.1. The Morgan fingerprint density at radius 2 is 2.04 bits per heavy atom. The summed E-state index contributed by atoms with van der Waals surface area (Å²) in [6.07, 6.45) is -0.470. The largest absolute Gasteiger partial charge is 0.444 e. The van der Waals surface area contributed by atoms with Crippen LogP contribution in [0, 0.1) is 0 Å². The van der Waals surface area contributed by atoms with E-state index in [1.54, 1.807) is 20.8 Å². The van der Waals surface area contributed by atoms with Crippen LogP contribution in [0.4, 0.5) is 9.93 Å². The fourth-order valence-electron chi connectivity index (χ4n) is 1.87. The number of thioether (sulfide) groups is 1. The van der Waals surface area contributed by atoms with Crippen LogP contribution in [0.15, 0.2) is 0 Å². The van der Waals surface area contributed by atoms with Gasteiger partial charge in [-0.25, -0.2) is 4.79 Å². The second-order valence-electron chi connectivity index (χ2n) is 6.56. The quantitative estimate of drug-likeness (QED) is 0.894. The molecule has 1 atom stereocenters. The molecule has 0 radical (unpaired) electrons. The molecule has 2 amide bonds. The van der Waals surface area contributed by atoms with E-state index in [0.29, 0.717) is 16.8 Å². The molecule has 0 bridgehead atoms. The smallest absolute Gasteiger partial charge is 0.411 e. The van der Waals surface area contributed by atoms with Crippen molar-refractivity contribution >= 4 is 40.2 Å². The van der Waals surface area contributed by atoms with Gasteiger partial charge in [-0.05, 0) is 20.8 Å². The summed E-state index contributed by atoms with van der Waals surface area (Å²) in [5.74, 6) is 0.993. The molecule has 128 valence electrons. The number of rotatable bonds is 3. The Bertz CT molecular complexity index is 583. The van der Waals surface area contributed by atoms with Crippen molar-refractivity contribution in [2.45, 2.75) is 52.2 Å². The Kier molecular flexibility index (Phi) is 5.51. The number of anilines is 1. The zero-order valence-electron chi connectivity index (χ0n) is 14.0. The Morgan fingerprint density at radius 1 is 1.35 bits per heavy atom. The predicted octanol–water partition coefficient (Wildman–Crippen LogP) is 2.91. The molecule has 0 aliphatic carbocycles. The van der Waals surface area contributed by atoms with Crippen LogP contribution in [-0.2, 0) is 9.53 Å². The Hall–Kier alpha value is -1.35. The normalized spacial score (nSPS) is 18.3. The van der Waals surface area contributed by atoms with Crippen LogP contribution in [0.2, 0.25) is 0 Å². The highest BCUT2D eigenvalue weighted by Crippen LogP contribution is 2.26. The first-order valence-corrected chi connectivity index (χ1v) is 9.36. The summed E-state index contributed by atoms with van der Waals surface area (Å²) in [6, 6.07) is -0.554. The molecule has 1 aliphatic rings. The van der Waals surface area contributed by atoms with E-state index in [4.69, 9.17) is 4.74 Å². The molecule has 1 fully saturated rings. The first-order valence-electron chi connectivity index (χ1n) is 7.39. The third-order valence-corrected chi connectivity index (χ3v) is 5.13. The summed E-state index contributed by atoms with van der Waals surface area (Å²) in [5.41, 5.74) is -0.587. The lowest BCUT2D eigenvalue weighted by atomic mass is 10.2. The second-order valence-corrected chi connectivity index (χ2v) is 8.56. The van der Waals surface area contributed by atoms with Gasteiger partial charge in [0.25, 0.3) is 0 Å². The summed E-state index contributed by atoms with van der Waals surface area (Å²) in [7, 11) is 0. The van der Waals surface area contributed by atoms with Crippen LogP contribution in [-0.4, -0.2) is 50.4 Å².